The minimum atomic E-state index is 0.276. The van der Waals surface area contributed by atoms with Gasteiger partial charge in [-0.25, -0.2) is 0 Å². The van der Waals surface area contributed by atoms with E-state index in [1.807, 2.05) is 20.8 Å². The Bertz CT molecular complexity index is 455. The highest BCUT2D eigenvalue weighted by molar-refractivity contribution is 9.10. The standard InChI is InChI=1S/C11H16BrN3O/c1-5-6(2)10(16-4)8(11(13)15-14)7(3)9(5)12/h14H2,1-4H3,(H2,13,15). The zero-order chi connectivity index (χ0) is 12.5. The third-order valence-corrected chi connectivity index (χ3v) is 3.95. The molecule has 0 saturated carbocycles. The quantitative estimate of drug-likeness (QED) is 0.378. The maximum absolute atomic E-state index is 5.78. The summed E-state index contributed by atoms with van der Waals surface area (Å²) < 4.78 is 6.39. The van der Waals surface area contributed by atoms with Crippen molar-refractivity contribution < 1.29 is 4.74 Å². The molecule has 0 bridgehead atoms. The molecule has 0 aliphatic carbocycles. The topological polar surface area (TPSA) is 73.6 Å². The second-order valence-electron chi connectivity index (χ2n) is 3.61. The van der Waals surface area contributed by atoms with Gasteiger partial charge in [-0.2, -0.15) is 5.10 Å². The summed E-state index contributed by atoms with van der Waals surface area (Å²) >= 11 is 3.53. The number of rotatable bonds is 2. The van der Waals surface area contributed by atoms with Crippen molar-refractivity contribution in [3.8, 4) is 5.75 Å². The van der Waals surface area contributed by atoms with Gasteiger partial charge in [0.2, 0.25) is 0 Å². The van der Waals surface area contributed by atoms with E-state index in [1.54, 1.807) is 7.11 Å². The molecule has 0 atom stereocenters. The number of nitrogens with zero attached hydrogens (tertiary/aromatic N) is 1. The van der Waals surface area contributed by atoms with E-state index < -0.39 is 0 Å². The van der Waals surface area contributed by atoms with E-state index in [1.165, 1.54) is 0 Å². The first kappa shape index (κ1) is 12.8. The molecule has 0 spiro atoms. The molecule has 0 amide bonds. The normalized spacial score (nSPS) is 11.7. The SMILES string of the molecule is COc1c(C)c(C)c(Br)c(C)c1/C(N)=N/N. The molecule has 0 saturated heterocycles. The van der Waals surface area contributed by atoms with Crippen LogP contribution in [0.25, 0.3) is 0 Å². The van der Waals surface area contributed by atoms with Gasteiger partial charge in [-0.3, -0.25) is 0 Å². The highest BCUT2D eigenvalue weighted by Gasteiger charge is 2.18. The zero-order valence-electron chi connectivity index (χ0n) is 9.89. The third-order valence-electron chi connectivity index (χ3n) is 2.76. The van der Waals surface area contributed by atoms with Crippen molar-refractivity contribution in [2.24, 2.45) is 16.7 Å². The Morgan fingerprint density at radius 3 is 2.19 bits per heavy atom. The lowest BCUT2D eigenvalue weighted by atomic mass is 9.98. The molecule has 0 radical (unpaired) electrons. The molecule has 0 heterocycles. The summed E-state index contributed by atoms with van der Waals surface area (Å²) in [5, 5.41) is 3.53. The van der Waals surface area contributed by atoms with Crippen LogP contribution in [0.1, 0.15) is 22.3 Å². The monoisotopic (exact) mass is 285 g/mol. The van der Waals surface area contributed by atoms with E-state index in [0.717, 1.165) is 32.5 Å². The summed E-state index contributed by atoms with van der Waals surface area (Å²) in [6, 6.07) is 0. The van der Waals surface area contributed by atoms with Gasteiger partial charge in [-0.1, -0.05) is 15.9 Å². The van der Waals surface area contributed by atoms with Crippen LogP contribution in [0.3, 0.4) is 0 Å². The Kier molecular flexibility index (Phi) is 3.80. The van der Waals surface area contributed by atoms with Crippen LogP contribution >= 0.6 is 15.9 Å². The number of hydrazone groups is 1. The van der Waals surface area contributed by atoms with Gasteiger partial charge >= 0.3 is 0 Å². The summed E-state index contributed by atoms with van der Waals surface area (Å²) in [5.41, 5.74) is 9.67. The summed E-state index contributed by atoms with van der Waals surface area (Å²) in [4.78, 5) is 0. The predicted molar refractivity (Wildman–Crippen MR) is 69.8 cm³/mol. The fourth-order valence-electron chi connectivity index (χ4n) is 1.71. The van der Waals surface area contributed by atoms with Gasteiger partial charge in [0.25, 0.3) is 0 Å². The zero-order valence-corrected chi connectivity index (χ0v) is 11.5. The predicted octanol–water partition coefficient (Wildman–Crippen LogP) is 1.96. The molecular formula is C11H16BrN3O. The lowest BCUT2D eigenvalue weighted by Crippen LogP contribution is -2.19. The molecule has 0 aliphatic rings. The molecule has 16 heavy (non-hydrogen) atoms. The average Bonchev–Trinajstić information content (AvgIpc) is 2.29. The molecule has 1 aromatic carbocycles. The van der Waals surface area contributed by atoms with Crippen LogP contribution in [-0.2, 0) is 0 Å². The van der Waals surface area contributed by atoms with Gasteiger partial charge in [-0.15, -0.1) is 0 Å². The second kappa shape index (κ2) is 4.74. The lowest BCUT2D eigenvalue weighted by molar-refractivity contribution is 0.410. The Balaban J connectivity index is 3.71. The number of benzene rings is 1. The maximum atomic E-state index is 5.78. The van der Waals surface area contributed by atoms with Crippen LogP contribution in [0, 0.1) is 20.8 Å². The molecule has 4 nitrogen and oxygen atoms in total. The summed E-state index contributed by atoms with van der Waals surface area (Å²) in [7, 11) is 1.61. The molecule has 4 N–H and O–H groups in total. The Labute approximate surface area is 104 Å². The van der Waals surface area contributed by atoms with E-state index in [2.05, 4.69) is 21.0 Å². The largest absolute Gasteiger partial charge is 0.496 e. The molecule has 0 fully saturated rings. The van der Waals surface area contributed by atoms with Crippen molar-refractivity contribution >= 4 is 21.8 Å². The Morgan fingerprint density at radius 1 is 1.19 bits per heavy atom. The average molecular weight is 286 g/mol. The van der Waals surface area contributed by atoms with Crippen LogP contribution in [0.2, 0.25) is 0 Å². The van der Waals surface area contributed by atoms with Crippen LogP contribution < -0.4 is 16.3 Å². The second-order valence-corrected chi connectivity index (χ2v) is 4.40. The van der Waals surface area contributed by atoms with Crippen molar-refractivity contribution in [1.82, 2.24) is 0 Å². The summed E-state index contributed by atoms with van der Waals surface area (Å²) in [6.45, 7) is 5.95. The molecule has 0 unspecified atom stereocenters. The van der Waals surface area contributed by atoms with Crippen LogP contribution in [0.15, 0.2) is 9.57 Å². The van der Waals surface area contributed by atoms with E-state index >= 15 is 0 Å². The number of amidine groups is 1. The number of ether oxygens (including phenoxy) is 1. The first-order chi connectivity index (χ1) is 7.45. The molecular weight excluding hydrogens is 270 g/mol. The number of nitrogens with two attached hydrogens (primary N) is 2. The highest BCUT2D eigenvalue weighted by Crippen LogP contribution is 2.35. The minimum absolute atomic E-state index is 0.276. The van der Waals surface area contributed by atoms with Gasteiger partial charge < -0.3 is 16.3 Å². The number of hydrogen-bond acceptors (Lipinski definition) is 3. The van der Waals surface area contributed by atoms with Gasteiger partial charge in [0.05, 0.1) is 12.7 Å². The van der Waals surface area contributed by atoms with E-state index in [0.29, 0.717) is 0 Å². The van der Waals surface area contributed by atoms with E-state index in [9.17, 15) is 0 Å². The van der Waals surface area contributed by atoms with Crippen LogP contribution in [-0.4, -0.2) is 12.9 Å². The first-order valence-corrected chi connectivity index (χ1v) is 5.61. The van der Waals surface area contributed by atoms with Crippen molar-refractivity contribution in [1.29, 1.82) is 0 Å². The molecule has 5 heteroatoms. The van der Waals surface area contributed by atoms with Gasteiger partial charge in [0, 0.05) is 4.47 Å². The van der Waals surface area contributed by atoms with Gasteiger partial charge in [0.1, 0.15) is 5.75 Å². The smallest absolute Gasteiger partial charge is 0.154 e. The number of halogens is 1. The molecule has 88 valence electrons. The number of methoxy groups -OCH3 is 1. The van der Waals surface area contributed by atoms with Crippen molar-refractivity contribution in [2.45, 2.75) is 20.8 Å². The van der Waals surface area contributed by atoms with Gasteiger partial charge in [-0.05, 0) is 37.5 Å². The maximum Gasteiger partial charge on any atom is 0.154 e. The van der Waals surface area contributed by atoms with Crippen LogP contribution in [0.4, 0.5) is 0 Å². The Hall–Kier alpha value is -1.23. The third kappa shape index (κ3) is 1.87. The number of hydrogen-bond donors (Lipinski definition) is 2. The fourth-order valence-corrected chi connectivity index (χ4v) is 2.21. The van der Waals surface area contributed by atoms with Crippen molar-refractivity contribution in [3.63, 3.8) is 0 Å². The highest BCUT2D eigenvalue weighted by atomic mass is 79.9. The lowest BCUT2D eigenvalue weighted by Gasteiger charge is -2.17. The Morgan fingerprint density at radius 2 is 1.75 bits per heavy atom. The molecule has 0 aliphatic heterocycles. The van der Waals surface area contributed by atoms with Crippen molar-refractivity contribution in [3.05, 3.63) is 26.7 Å². The molecule has 1 rings (SSSR count). The molecule has 1 aromatic rings. The van der Waals surface area contributed by atoms with Gasteiger partial charge in [0.15, 0.2) is 5.84 Å². The molecule has 0 aromatic heterocycles. The van der Waals surface area contributed by atoms with Crippen molar-refractivity contribution in [2.75, 3.05) is 7.11 Å². The summed E-state index contributed by atoms with van der Waals surface area (Å²) in [5.74, 6) is 6.23. The minimum Gasteiger partial charge on any atom is -0.496 e. The fraction of sp³-hybridized carbons (Fsp3) is 0.364. The first-order valence-electron chi connectivity index (χ1n) is 4.82. The summed E-state index contributed by atoms with van der Waals surface area (Å²) in [6.07, 6.45) is 0. The van der Waals surface area contributed by atoms with E-state index in [-0.39, 0.29) is 5.84 Å². The van der Waals surface area contributed by atoms with Crippen LogP contribution in [0.5, 0.6) is 5.75 Å². The van der Waals surface area contributed by atoms with E-state index in [4.69, 9.17) is 16.3 Å².